The van der Waals surface area contributed by atoms with Crippen LogP contribution in [0.1, 0.15) is 82.3 Å². The lowest BCUT2D eigenvalue weighted by atomic mass is 10.1. The zero-order valence-electron chi connectivity index (χ0n) is 19.6. The van der Waals surface area contributed by atoms with Crippen LogP contribution in [0.4, 0.5) is 0 Å². The van der Waals surface area contributed by atoms with Crippen LogP contribution >= 0.6 is 0 Å². The van der Waals surface area contributed by atoms with E-state index in [4.69, 9.17) is 9.47 Å². The molecule has 2 aromatic carbocycles. The van der Waals surface area contributed by atoms with E-state index in [1.54, 1.807) is 13.3 Å². The maximum absolute atomic E-state index is 12.0. The number of methoxy groups -OCH3 is 1. The molecule has 0 heterocycles. The third-order valence-corrected chi connectivity index (χ3v) is 5.34. The molecule has 1 N–H and O–H groups in total. The van der Waals surface area contributed by atoms with Crippen molar-refractivity contribution in [2.24, 2.45) is 5.10 Å². The molecule has 0 saturated carbocycles. The van der Waals surface area contributed by atoms with Crippen molar-refractivity contribution in [2.75, 3.05) is 7.11 Å². The molecule has 5 heteroatoms. The van der Waals surface area contributed by atoms with E-state index in [9.17, 15) is 4.79 Å². The smallest absolute Gasteiger partial charge is 0.240 e. The molecule has 0 fully saturated rings. The Balaban J connectivity index is 1.66. The number of nitrogens with zero attached hydrogens (tertiary/aromatic N) is 1. The summed E-state index contributed by atoms with van der Waals surface area (Å²) in [4.78, 5) is 12.0. The number of ether oxygens (including phenoxy) is 2. The summed E-state index contributed by atoms with van der Waals surface area (Å²) in [6.07, 6.45) is 13.3. The summed E-state index contributed by atoms with van der Waals surface area (Å²) < 4.78 is 11.3. The lowest BCUT2D eigenvalue weighted by Crippen LogP contribution is -2.16. The third-order valence-electron chi connectivity index (χ3n) is 5.34. The first kappa shape index (κ1) is 25.4. The van der Waals surface area contributed by atoms with Crippen LogP contribution in [0.2, 0.25) is 0 Å². The minimum atomic E-state index is -0.0426. The first-order chi connectivity index (χ1) is 15.7. The molecule has 0 aliphatic heterocycles. The maximum atomic E-state index is 12.0. The molecule has 1 amide bonds. The molecule has 2 rings (SSSR count). The third kappa shape index (κ3) is 10.5. The van der Waals surface area contributed by atoms with Crippen molar-refractivity contribution in [2.45, 2.75) is 77.7 Å². The van der Waals surface area contributed by atoms with E-state index in [0.717, 1.165) is 24.0 Å². The summed E-state index contributed by atoms with van der Waals surface area (Å²) in [5.41, 5.74) is 4.54. The molecular weight excluding hydrogens is 400 g/mol. The van der Waals surface area contributed by atoms with E-state index < -0.39 is 0 Å². The fourth-order valence-electron chi connectivity index (χ4n) is 3.45. The number of unbranched alkanes of at least 4 members (excludes halogenated alkanes) is 8. The fraction of sp³-hybridized carbons (Fsp3) is 0.481. The average Bonchev–Trinajstić information content (AvgIpc) is 2.82. The van der Waals surface area contributed by atoms with Gasteiger partial charge in [-0.3, -0.25) is 4.79 Å². The Morgan fingerprint density at radius 2 is 1.59 bits per heavy atom. The second kappa shape index (κ2) is 15.9. The van der Waals surface area contributed by atoms with Gasteiger partial charge in [0, 0.05) is 6.42 Å². The number of rotatable bonds is 16. The molecule has 0 aliphatic carbocycles. The van der Waals surface area contributed by atoms with Crippen LogP contribution in [0.25, 0.3) is 0 Å². The molecule has 2 aromatic rings. The van der Waals surface area contributed by atoms with Crippen molar-refractivity contribution < 1.29 is 14.3 Å². The van der Waals surface area contributed by atoms with Gasteiger partial charge in [-0.1, -0.05) is 88.6 Å². The van der Waals surface area contributed by atoms with E-state index in [1.165, 1.54) is 44.9 Å². The van der Waals surface area contributed by atoms with Gasteiger partial charge < -0.3 is 9.47 Å². The Kier molecular flexibility index (Phi) is 12.6. The summed E-state index contributed by atoms with van der Waals surface area (Å²) in [7, 11) is 1.61. The van der Waals surface area contributed by atoms with Crippen LogP contribution in [0.3, 0.4) is 0 Å². The van der Waals surface area contributed by atoms with Gasteiger partial charge in [0.25, 0.3) is 0 Å². The molecule has 174 valence electrons. The SMILES string of the molecule is CCCCCCCCCCCC(=O)N/N=C\c1ccc(OCc2ccccc2)c(OC)c1. The van der Waals surface area contributed by atoms with Gasteiger partial charge in [-0.15, -0.1) is 0 Å². The Hall–Kier alpha value is -2.82. The van der Waals surface area contributed by atoms with Crippen LogP contribution in [0.5, 0.6) is 11.5 Å². The van der Waals surface area contributed by atoms with E-state index >= 15 is 0 Å². The lowest BCUT2D eigenvalue weighted by Gasteiger charge is -2.11. The van der Waals surface area contributed by atoms with Crippen molar-refractivity contribution in [3.05, 3.63) is 59.7 Å². The van der Waals surface area contributed by atoms with Crippen LogP contribution in [-0.2, 0) is 11.4 Å². The number of nitrogens with one attached hydrogen (secondary N) is 1. The minimum absolute atomic E-state index is 0.0426. The van der Waals surface area contributed by atoms with E-state index in [0.29, 0.717) is 24.5 Å². The first-order valence-electron chi connectivity index (χ1n) is 11.9. The fourth-order valence-corrected chi connectivity index (χ4v) is 3.45. The highest BCUT2D eigenvalue weighted by atomic mass is 16.5. The van der Waals surface area contributed by atoms with Crippen LogP contribution in [0, 0.1) is 0 Å². The van der Waals surface area contributed by atoms with Gasteiger partial charge in [0.1, 0.15) is 6.61 Å². The molecule has 0 radical (unpaired) electrons. The Labute approximate surface area is 193 Å². The van der Waals surface area contributed by atoms with Gasteiger partial charge in [-0.05, 0) is 35.7 Å². The predicted molar refractivity (Wildman–Crippen MR) is 131 cm³/mol. The van der Waals surface area contributed by atoms with Crippen LogP contribution in [0.15, 0.2) is 53.6 Å². The molecular formula is C27H38N2O3. The lowest BCUT2D eigenvalue weighted by molar-refractivity contribution is -0.121. The van der Waals surface area contributed by atoms with Gasteiger partial charge in [0.05, 0.1) is 13.3 Å². The highest BCUT2D eigenvalue weighted by molar-refractivity contribution is 5.83. The zero-order valence-corrected chi connectivity index (χ0v) is 19.6. The van der Waals surface area contributed by atoms with Gasteiger partial charge >= 0.3 is 0 Å². The van der Waals surface area contributed by atoms with Crippen molar-refractivity contribution in [3.8, 4) is 11.5 Å². The number of amides is 1. The van der Waals surface area contributed by atoms with E-state index in [1.807, 2.05) is 48.5 Å². The number of hydrogen-bond acceptors (Lipinski definition) is 4. The number of hydrogen-bond donors (Lipinski definition) is 1. The molecule has 0 aromatic heterocycles. The molecule has 32 heavy (non-hydrogen) atoms. The molecule has 0 spiro atoms. The average molecular weight is 439 g/mol. The molecule has 0 bridgehead atoms. The topological polar surface area (TPSA) is 59.9 Å². The summed E-state index contributed by atoms with van der Waals surface area (Å²) in [6.45, 7) is 2.71. The standard InChI is InChI=1S/C27H38N2O3/c1-3-4-5-6-7-8-9-10-14-17-27(30)29-28-21-24-18-19-25(26(20-24)31-2)32-22-23-15-12-11-13-16-23/h11-13,15-16,18-21H,3-10,14,17,22H2,1-2H3,(H,29,30)/b28-21-. The van der Waals surface area contributed by atoms with Crippen LogP contribution in [-0.4, -0.2) is 19.2 Å². The molecule has 5 nitrogen and oxygen atoms in total. The number of benzene rings is 2. The summed E-state index contributed by atoms with van der Waals surface area (Å²) in [5, 5.41) is 4.08. The highest BCUT2D eigenvalue weighted by Crippen LogP contribution is 2.28. The summed E-state index contributed by atoms with van der Waals surface area (Å²) >= 11 is 0. The van der Waals surface area contributed by atoms with Crippen LogP contribution < -0.4 is 14.9 Å². The summed E-state index contributed by atoms with van der Waals surface area (Å²) in [6, 6.07) is 15.6. The van der Waals surface area contributed by atoms with Gasteiger partial charge in [0.2, 0.25) is 5.91 Å². The minimum Gasteiger partial charge on any atom is -0.493 e. The molecule has 0 saturated heterocycles. The van der Waals surface area contributed by atoms with Crippen molar-refractivity contribution >= 4 is 12.1 Å². The van der Waals surface area contributed by atoms with Crippen molar-refractivity contribution in [1.82, 2.24) is 5.43 Å². The Morgan fingerprint density at radius 1 is 0.906 bits per heavy atom. The molecule has 0 unspecified atom stereocenters. The number of hydrazone groups is 1. The monoisotopic (exact) mass is 438 g/mol. The van der Waals surface area contributed by atoms with E-state index in [2.05, 4.69) is 17.5 Å². The normalized spacial score (nSPS) is 10.9. The van der Waals surface area contributed by atoms with Gasteiger partial charge in [0.15, 0.2) is 11.5 Å². The van der Waals surface area contributed by atoms with Gasteiger partial charge in [-0.2, -0.15) is 5.10 Å². The predicted octanol–water partition coefficient (Wildman–Crippen LogP) is 6.65. The van der Waals surface area contributed by atoms with Crippen molar-refractivity contribution in [3.63, 3.8) is 0 Å². The summed E-state index contributed by atoms with van der Waals surface area (Å²) in [5.74, 6) is 1.26. The largest absolute Gasteiger partial charge is 0.493 e. The number of carbonyl (C=O) groups excluding carboxylic acids is 1. The quantitative estimate of drug-likeness (QED) is 0.181. The second-order valence-electron chi connectivity index (χ2n) is 8.06. The maximum Gasteiger partial charge on any atom is 0.240 e. The van der Waals surface area contributed by atoms with E-state index in [-0.39, 0.29) is 5.91 Å². The molecule has 0 atom stereocenters. The zero-order chi connectivity index (χ0) is 22.9. The molecule has 0 aliphatic rings. The first-order valence-corrected chi connectivity index (χ1v) is 11.9. The Bertz CT molecular complexity index is 806. The van der Waals surface area contributed by atoms with Crippen molar-refractivity contribution in [1.29, 1.82) is 0 Å². The Morgan fingerprint density at radius 3 is 2.28 bits per heavy atom. The highest BCUT2D eigenvalue weighted by Gasteiger charge is 2.06. The second-order valence-corrected chi connectivity index (χ2v) is 8.06. The number of carbonyl (C=O) groups is 1. The van der Waals surface area contributed by atoms with Gasteiger partial charge in [-0.25, -0.2) is 5.43 Å².